The van der Waals surface area contributed by atoms with Gasteiger partial charge < -0.3 is 61.3 Å². The number of carboxylic acid groups (broad SMARTS) is 4. The van der Waals surface area contributed by atoms with Gasteiger partial charge in [-0.15, -0.1) is 0 Å². The van der Waals surface area contributed by atoms with Gasteiger partial charge in [0.15, 0.2) is 0 Å². The van der Waals surface area contributed by atoms with Crippen molar-refractivity contribution in [1.29, 1.82) is 0 Å². The van der Waals surface area contributed by atoms with E-state index in [0.29, 0.717) is 52.4 Å². The Labute approximate surface area is 382 Å². The molecule has 0 aliphatic carbocycles. The Morgan fingerprint density at radius 1 is 0.266 bits per heavy atom. The lowest BCUT2D eigenvalue weighted by Crippen LogP contribution is -2.43. The zero-order valence-corrected chi connectivity index (χ0v) is 39.7. The second kappa shape index (κ2) is 56.4. The van der Waals surface area contributed by atoms with E-state index in [1.807, 2.05) is 0 Å². The van der Waals surface area contributed by atoms with Crippen LogP contribution in [0.2, 0.25) is 0 Å². The van der Waals surface area contributed by atoms with E-state index in [2.05, 4.69) is 47.3 Å². The van der Waals surface area contributed by atoms with Crippen LogP contribution >= 0.6 is 0 Å². The maximum Gasteiger partial charge on any atom is 0.317 e. The summed E-state index contributed by atoms with van der Waals surface area (Å²) >= 11 is 0. The van der Waals surface area contributed by atoms with E-state index in [1.165, 1.54) is 0 Å². The Morgan fingerprint density at radius 2 is 0.422 bits per heavy atom. The van der Waals surface area contributed by atoms with Crippen LogP contribution in [0.4, 0.5) is 0 Å². The molecule has 12 N–H and O–H groups in total. The highest BCUT2D eigenvalue weighted by Gasteiger charge is 2.18. The van der Waals surface area contributed by atoms with Crippen LogP contribution in [0.1, 0.15) is 79.1 Å². The molecule has 0 saturated carbocycles. The first-order valence-electron chi connectivity index (χ1n) is 22.7. The zero-order chi connectivity index (χ0) is 49.8. The minimum absolute atomic E-state index is 0.0703. The van der Waals surface area contributed by atoms with Crippen molar-refractivity contribution in [3.63, 3.8) is 0 Å². The van der Waals surface area contributed by atoms with Crippen molar-refractivity contribution in [3.05, 3.63) is 0 Å². The van der Waals surface area contributed by atoms with Gasteiger partial charge in [-0.3, -0.25) is 48.6 Å². The van der Waals surface area contributed by atoms with Crippen LogP contribution in [0.5, 0.6) is 0 Å². The fraction of sp³-hybridized carbons (Fsp3) is 0.905. The van der Waals surface area contributed by atoms with E-state index in [4.69, 9.17) is 61.3 Å². The molecule has 0 spiro atoms. The lowest BCUT2D eigenvalue weighted by Gasteiger charge is -2.23. The van der Waals surface area contributed by atoms with Crippen molar-refractivity contribution < 1.29 is 80.5 Å². The Bertz CT molecular complexity index is 840. The molecule has 0 radical (unpaired) electrons. The lowest BCUT2D eigenvalue weighted by atomic mass is 10.3. The summed E-state index contributed by atoms with van der Waals surface area (Å²) in [7, 11) is 0. The third kappa shape index (κ3) is 59.3. The number of aliphatic hydroxyl groups is 8. The summed E-state index contributed by atoms with van der Waals surface area (Å²) in [6.07, 6.45) is 9.20. The van der Waals surface area contributed by atoms with E-state index < -0.39 is 50.1 Å². The first kappa shape index (κ1) is 70.3. The predicted octanol–water partition coefficient (Wildman–Crippen LogP) is -1.78. The topological polar surface area (TPSA) is 330 Å². The fourth-order valence-electron chi connectivity index (χ4n) is 5.48. The lowest BCUT2D eigenvalue weighted by molar-refractivity contribution is -0.145. The number of rotatable bonds is 39. The van der Waals surface area contributed by atoms with E-state index >= 15 is 0 Å². The Balaban J connectivity index is -0.000000233. The molecule has 0 atom stereocenters. The summed E-state index contributed by atoms with van der Waals surface area (Å²) in [6, 6.07) is 0. The number of hydrogen-bond donors (Lipinski definition) is 12. The quantitative estimate of drug-likeness (QED) is 0.0324. The fourth-order valence-corrected chi connectivity index (χ4v) is 5.48. The Morgan fingerprint density at radius 3 is 0.531 bits per heavy atom. The van der Waals surface area contributed by atoms with Gasteiger partial charge in [-0.1, -0.05) is 53.4 Å². The summed E-state index contributed by atoms with van der Waals surface area (Å²) in [4.78, 5) is 52.7. The molecule has 22 nitrogen and oxygen atoms in total. The van der Waals surface area contributed by atoms with Crippen molar-refractivity contribution >= 4 is 23.9 Å². The monoisotopic (exact) mass is 937 g/mol. The van der Waals surface area contributed by atoms with Crippen LogP contribution in [-0.2, 0) is 19.2 Å². The maximum absolute atomic E-state index is 10.6. The van der Waals surface area contributed by atoms with Crippen LogP contribution in [0.25, 0.3) is 0 Å². The first-order chi connectivity index (χ1) is 30.6. The zero-order valence-electron chi connectivity index (χ0n) is 39.7. The van der Waals surface area contributed by atoms with E-state index in [-0.39, 0.29) is 65.9 Å². The molecule has 0 saturated heterocycles. The van der Waals surface area contributed by atoms with Gasteiger partial charge in [0.1, 0.15) is 0 Å². The SMILES string of the molecule is CCCCN(CCO)CCO.CCCCN(CCO)CCO.CCCCN(CCO)CCO.CCCCN(CCO)CCO.O=C(O)CN(CCN(CC(=O)O)CC(=O)O)CC(=O)O. The largest absolute Gasteiger partial charge is 0.480 e. The third-order valence-corrected chi connectivity index (χ3v) is 8.81. The van der Waals surface area contributed by atoms with Crippen LogP contribution in [0, 0.1) is 0 Å². The second-order valence-corrected chi connectivity index (χ2v) is 14.6. The molecule has 0 aromatic carbocycles. The standard InChI is InChI=1S/C10H16N2O8.4C8H19NO2/c13-7(14)3-11(4-8(15)16)1-2-12(5-9(17)18)6-10(19)20;4*1-2-3-4-9(5-7-10)6-8-11/h1-6H2,(H,13,14)(H,15,16)(H,17,18)(H,19,20);4*10-11H,2-8H2,1H3. The molecule has 0 bridgehead atoms. The molecule has 0 amide bonds. The Hall–Kier alpha value is -2.68. The van der Waals surface area contributed by atoms with Crippen molar-refractivity contribution in [3.8, 4) is 0 Å². The molecular formula is C42H92N6O16. The highest BCUT2D eigenvalue weighted by molar-refractivity contribution is 5.73. The highest BCUT2D eigenvalue weighted by Crippen LogP contribution is 1.97. The third-order valence-electron chi connectivity index (χ3n) is 8.81. The number of nitrogens with zero attached hydrogens (tertiary/aromatic N) is 6. The van der Waals surface area contributed by atoms with Gasteiger partial charge in [-0.25, -0.2) is 0 Å². The van der Waals surface area contributed by atoms with Crippen molar-refractivity contribution in [2.45, 2.75) is 79.1 Å². The van der Waals surface area contributed by atoms with Crippen molar-refractivity contribution in [1.82, 2.24) is 29.4 Å². The molecule has 0 aromatic rings. The summed E-state index contributed by atoms with van der Waals surface area (Å²) < 4.78 is 0. The summed E-state index contributed by atoms with van der Waals surface area (Å²) in [5.74, 6) is -4.91. The van der Waals surface area contributed by atoms with Crippen molar-refractivity contribution in [2.75, 3.05) is 171 Å². The molecule has 22 heteroatoms. The van der Waals surface area contributed by atoms with E-state index in [9.17, 15) is 19.2 Å². The van der Waals surface area contributed by atoms with Gasteiger partial charge in [0.25, 0.3) is 0 Å². The van der Waals surface area contributed by atoms with Crippen LogP contribution in [0.15, 0.2) is 0 Å². The number of unbranched alkanes of at least 4 members (excludes halogenated alkanes) is 4. The van der Waals surface area contributed by atoms with Gasteiger partial charge >= 0.3 is 23.9 Å². The molecule has 0 fully saturated rings. The molecule has 0 aliphatic rings. The molecule has 64 heavy (non-hydrogen) atoms. The summed E-state index contributed by atoms with van der Waals surface area (Å²) in [5.41, 5.74) is 0. The van der Waals surface area contributed by atoms with Crippen LogP contribution in [0.3, 0.4) is 0 Å². The van der Waals surface area contributed by atoms with Crippen LogP contribution in [-0.4, -0.2) is 285 Å². The molecule has 0 heterocycles. The van der Waals surface area contributed by atoms with Crippen molar-refractivity contribution in [2.24, 2.45) is 0 Å². The minimum atomic E-state index is -1.23. The predicted molar refractivity (Wildman–Crippen MR) is 246 cm³/mol. The first-order valence-corrected chi connectivity index (χ1v) is 22.7. The van der Waals surface area contributed by atoms with E-state index in [1.54, 1.807) is 0 Å². The molecular weight excluding hydrogens is 844 g/mol. The smallest absolute Gasteiger partial charge is 0.317 e. The number of aliphatic hydroxyl groups excluding tert-OH is 8. The molecule has 0 aliphatic heterocycles. The minimum Gasteiger partial charge on any atom is -0.480 e. The molecule has 386 valence electrons. The summed E-state index contributed by atoms with van der Waals surface area (Å²) in [5, 5.41) is 104. The average Bonchev–Trinajstić information content (AvgIpc) is 3.23. The van der Waals surface area contributed by atoms with Gasteiger partial charge in [0, 0.05) is 65.4 Å². The summed E-state index contributed by atoms with van der Waals surface area (Å²) in [6.45, 7) is 17.1. The number of hydrogen-bond acceptors (Lipinski definition) is 18. The number of aliphatic carboxylic acids is 4. The van der Waals surface area contributed by atoms with E-state index in [0.717, 1.165) is 87.3 Å². The number of carbonyl (C=O) groups is 4. The molecule has 0 aromatic heterocycles. The van der Waals surface area contributed by atoms with Gasteiger partial charge in [0.05, 0.1) is 79.0 Å². The normalized spacial score (nSPS) is 10.8. The van der Waals surface area contributed by atoms with Gasteiger partial charge in [0.2, 0.25) is 0 Å². The van der Waals surface area contributed by atoms with Crippen LogP contribution < -0.4 is 0 Å². The van der Waals surface area contributed by atoms with Gasteiger partial charge in [-0.05, 0) is 51.9 Å². The highest BCUT2D eigenvalue weighted by atomic mass is 16.4. The molecule has 0 unspecified atom stereocenters. The molecule has 0 rings (SSSR count). The average molecular weight is 937 g/mol. The maximum atomic E-state index is 10.6. The Kier molecular flexibility index (Phi) is 62.0. The van der Waals surface area contributed by atoms with Gasteiger partial charge in [-0.2, -0.15) is 0 Å². The number of carboxylic acids is 4. The second-order valence-electron chi connectivity index (χ2n) is 14.6.